The van der Waals surface area contributed by atoms with Gasteiger partial charge in [-0.15, -0.1) is 0 Å². The molecular formula is C28H45NO5. The van der Waals surface area contributed by atoms with Crippen LogP contribution in [-0.2, 0) is 24.0 Å². The van der Waals surface area contributed by atoms with Gasteiger partial charge >= 0.3 is 0 Å². The number of ether oxygens (including phenoxy) is 2. The van der Waals surface area contributed by atoms with Gasteiger partial charge in [0.15, 0.2) is 11.9 Å². The number of rotatable bonds is 3. The molecule has 8 atom stereocenters. The quantitative estimate of drug-likeness (QED) is 0.547. The lowest BCUT2D eigenvalue weighted by atomic mass is 9.57. The zero-order valence-electron chi connectivity index (χ0n) is 21.5. The van der Waals surface area contributed by atoms with Crippen molar-refractivity contribution in [2.75, 3.05) is 6.54 Å². The zero-order valence-corrected chi connectivity index (χ0v) is 21.5. The van der Waals surface area contributed by atoms with Crippen LogP contribution in [0.15, 0.2) is 0 Å². The van der Waals surface area contributed by atoms with E-state index >= 15 is 0 Å². The lowest BCUT2D eigenvalue weighted by Gasteiger charge is -2.60. The molecule has 4 saturated heterocycles. The Kier molecular flexibility index (Phi) is 6.07. The van der Waals surface area contributed by atoms with Gasteiger partial charge in [0.05, 0.1) is 6.10 Å². The molecule has 4 aliphatic heterocycles. The van der Waals surface area contributed by atoms with Gasteiger partial charge in [0.25, 0.3) is 0 Å². The average Bonchev–Trinajstić information content (AvgIpc) is 3.07. The molecular weight excluding hydrogens is 430 g/mol. The molecule has 2 spiro atoms. The standard InChI is InChI=1S/C28H45NO5/c1-18-7-8-22-19(2)23(31-25-28(22)21(18)11-14-26(3,32-25)33-34-28)17-29-24(30)20-9-15-27(16-10-20)12-5-4-6-13-27/h18-23,25H,4-17H2,1-3H3,(H,29,30)/t18-,19-,21+,22+,23-,25-,26-,28-/m1/s1. The Morgan fingerprint density at radius 2 is 1.65 bits per heavy atom. The van der Waals surface area contributed by atoms with Crippen molar-refractivity contribution in [3.05, 3.63) is 0 Å². The fourth-order valence-corrected chi connectivity index (χ4v) is 8.85. The number of hydrogen-bond donors (Lipinski definition) is 1. The van der Waals surface area contributed by atoms with Crippen LogP contribution >= 0.6 is 0 Å². The molecule has 0 aromatic heterocycles. The summed E-state index contributed by atoms with van der Waals surface area (Å²) in [5.41, 5.74) is 0.0264. The number of amides is 1. The smallest absolute Gasteiger partial charge is 0.223 e. The lowest BCUT2D eigenvalue weighted by molar-refractivity contribution is -0.570. The number of hydrogen-bond acceptors (Lipinski definition) is 5. The molecule has 3 aliphatic carbocycles. The highest BCUT2D eigenvalue weighted by Gasteiger charge is 2.69. The largest absolute Gasteiger partial charge is 0.353 e. The number of nitrogens with one attached hydrogen (secondary N) is 1. The molecule has 2 bridgehead atoms. The highest BCUT2D eigenvalue weighted by atomic mass is 17.3. The molecule has 3 saturated carbocycles. The first kappa shape index (κ1) is 23.7. The van der Waals surface area contributed by atoms with Crippen LogP contribution in [0, 0.1) is 35.0 Å². The van der Waals surface area contributed by atoms with Crippen LogP contribution in [0.2, 0.25) is 0 Å². The van der Waals surface area contributed by atoms with Crippen LogP contribution in [0.25, 0.3) is 0 Å². The zero-order chi connectivity index (χ0) is 23.6. The average molecular weight is 476 g/mol. The van der Waals surface area contributed by atoms with Crippen LogP contribution in [0.5, 0.6) is 0 Å². The molecule has 7 fully saturated rings. The minimum atomic E-state index is -0.747. The van der Waals surface area contributed by atoms with Gasteiger partial charge in [-0.3, -0.25) is 4.79 Å². The van der Waals surface area contributed by atoms with Crippen molar-refractivity contribution in [3.8, 4) is 0 Å². The first-order valence-corrected chi connectivity index (χ1v) is 14.3. The predicted molar refractivity (Wildman–Crippen MR) is 127 cm³/mol. The van der Waals surface area contributed by atoms with Crippen molar-refractivity contribution in [3.63, 3.8) is 0 Å². The van der Waals surface area contributed by atoms with Crippen LogP contribution in [0.1, 0.15) is 104 Å². The summed E-state index contributed by atoms with van der Waals surface area (Å²) in [6.07, 6.45) is 15.2. The maximum atomic E-state index is 13.1. The van der Waals surface area contributed by atoms with E-state index in [0.29, 0.717) is 29.7 Å². The van der Waals surface area contributed by atoms with Gasteiger partial charge in [-0.2, -0.15) is 0 Å². The molecule has 0 aromatic rings. The van der Waals surface area contributed by atoms with E-state index in [9.17, 15) is 4.79 Å². The van der Waals surface area contributed by atoms with Crippen molar-refractivity contribution in [2.24, 2.45) is 35.0 Å². The molecule has 6 heteroatoms. The van der Waals surface area contributed by atoms with Crippen LogP contribution in [0.3, 0.4) is 0 Å². The van der Waals surface area contributed by atoms with E-state index in [1.165, 1.54) is 51.4 Å². The summed E-state index contributed by atoms with van der Waals surface area (Å²) in [6, 6.07) is 0. The predicted octanol–water partition coefficient (Wildman–Crippen LogP) is 5.49. The third-order valence-electron chi connectivity index (χ3n) is 11.1. The van der Waals surface area contributed by atoms with E-state index in [1.54, 1.807) is 0 Å². The Morgan fingerprint density at radius 1 is 0.882 bits per heavy atom. The fraction of sp³-hybridized carbons (Fsp3) is 0.964. The summed E-state index contributed by atoms with van der Waals surface area (Å²) >= 11 is 0. The molecule has 7 rings (SSSR count). The number of fused-ring (bicyclic) bond motifs is 2. The third-order valence-corrected chi connectivity index (χ3v) is 11.1. The lowest BCUT2D eigenvalue weighted by Crippen LogP contribution is -2.71. The minimum absolute atomic E-state index is 0.0570. The topological polar surface area (TPSA) is 66.0 Å². The second-order valence-electron chi connectivity index (χ2n) is 13.0. The highest BCUT2D eigenvalue weighted by Crippen LogP contribution is 2.60. The maximum Gasteiger partial charge on any atom is 0.223 e. The number of carbonyl (C=O) groups is 1. The molecule has 4 heterocycles. The molecule has 1 N–H and O–H groups in total. The second-order valence-corrected chi connectivity index (χ2v) is 13.0. The SMILES string of the molecule is C[C@H]1[C@@H](CNC(=O)C2CCC3(CCCCC3)CC2)O[C@@H]2O[C@@]3(C)CC[C@H]4[C@H](C)CC[C@@H]1[C@@]24OO3. The number of carbonyl (C=O) groups excluding carboxylic acids is 1. The minimum Gasteiger partial charge on any atom is -0.353 e. The van der Waals surface area contributed by atoms with Crippen molar-refractivity contribution >= 4 is 5.91 Å². The Labute approximate surface area is 205 Å². The maximum absolute atomic E-state index is 13.1. The molecule has 34 heavy (non-hydrogen) atoms. The van der Waals surface area contributed by atoms with Crippen molar-refractivity contribution in [1.29, 1.82) is 0 Å². The van der Waals surface area contributed by atoms with Crippen LogP contribution in [0.4, 0.5) is 0 Å². The van der Waals surface area contributed by atoms with Gasteiger partial charge in [0.2, 0.25) is 11.7 Å². The van der Waals surface area contributed by atoms with Gasteiger partial charge in [-0.1, -0.05) is 33.1 Å². The van der Waals surface area contributed by atoms with Crippen LogP contribution in [-0.4, -0.2) is 36.2 Å². The second kappa shape index (κ2) is 8.71. The summed E-state index contributed by atoms with van der Waals surface area (Å²) in [6.45, 7) is 7.15. The summed E-state index contributed by atoms with van der Waals surface area (Å²) < 4.78 is 13.1. The van der Waals surface area contributed by atoms with Crippen molar-refractivity contribution in [2.45, 2.75) is 128 Å². The van der Waals surface area contributed by atoms with Crippen molar-refractivity contribution in [1.82, 2.24) is 5.32 Å². The highest BCUT2D eigenvalue weighted by molar-refractivity contribution is 5.78. The van der Waals surface area contributed by atoms with Crippen molar-refractivity contribution < 1.29 is 24.0 Å². The molecule has 0 aromatic carbocycles. The van der Waals surface area contributed by atoms with E-state index in [4.69, 9.17) is 19.2 Å². The molecule has 1 amide bonds. The van der Waals surface area contributed by atoms with Gasteiger partial charge in [0, 0.05) is 24.8 Å². The first-order valence-electron chi connectivity index (χ1n) is 14.3. The third kappa shape index (κ3) is 3.77. The van der Waals surface area contributed by atoms with E-state index < -0.39 is 17.7 Å². The summed E-state index contributed by atoms with van der Waals surface area (Å²) in [5.74, 6) is 1.19. The Morgan fingerprint density at radius 3 is 2.41 bits per heavy atom. The summed E-state index contributed by atoms with van der Waals surface area (Å²) in [5, 5.41) is 3.30. The first-order chi connectivity index (χ1) is 16.3. The van der Waals surface area contributed by atoms with E-state index in [0.717, 1.165) is 32.1 Å². The van der Waals surface area contributed by atoms with Crippen LogP contribution < -0.4 is 5.32 Å². The molecule has 0 radical (unpaired) electrons. The Hall–Kier alpha value is -0.690. The molecule has 7 aliphatic rings. The Bertz CT molecular complexity index is 773. The van der Waals surface area contributed by atoms with Gasteiger partial charge in [-0.25, -0.2) is 9.78 Å². The molecule has 0 unspecified atom stereocenters. The molecule has 192 valence electrons. The van der Waals surface area contributed by atoms with Gasteiger partial charge in [-0.05, 0) is 87.9 Å². The molecule has 6 nitrogen and oxygen atoms in total. The normalized spacial score (nSPS) is 48.2. The van der Waals surface area contributed by atoms with E-state index in [2.05, 4.69) is 19.2 Å². The summed E-state index contributed by atoms with van der Waals surface area (Å²) in [4.78, 5) is 25.3. The van der Waals surface area contributed by atoms with E-state index in [1.807, 2.05) is 6.92 Å². The van der Waals surface area contributed by atoms with E-state index in [-0.39, 0.29) is 23.8 Å². The monoisotopic (exact) mass is 475 g/mol. The van der Waals surface area contributed by atoms with Gasteiger partial charge in [0.1, 0.15) is 0 Å². The van der Waals surface area contributed by atoms with Gasteiger partial charge < -0.3 is 14.8 Å². The summed E-state index contributed by atoms with van der Waals surface area (Å²) in [7, 11) is 0. The fourth-order valence-electron chi connectivity index (χ4n) is 8.85. The Balaban J connectivity index is 1.11.